The molecule has 1 saturated carbocycles. The van der Waals surface area contributed by atoms with E-state index in [4.69, 9.17) is 4.98 Å². The first-order valence-corrected chi connectivity index (χ1v) is 12.7. The third-order valence-electron chi connectivity index (χ3n) is 6.38. The Bertz CT molecular complexity index is 1030. The fraction of sp³-hybridized carbons (Fsp3) is 0.667. The van der Waals surface area contributed by atoms with Crippen molar-refractivity contribution in [2.24, 2.45) is 13.0 Å². The van der Waals surface area contributed by atoms with Crippen molar-refractivity contribution < 1.29 is 13.2 Å². The molecule has 0 atom stereocenters. The maximum atomic E-state index is 12.9. The Morgan fingerprint density at radius 2 is 1.83 bits per heavy atom. The molecule has 9 heteroatoms. The van der Waals surface area contributed by atoms with E-state index in [9.17, 15) is 13.2 Å². The Labute approximate surface area is 178 Å². The number of anilines is 1. The van der Waals surface area contributed by atoms with Crippen LogP contribution in [-0.2, 0) is 17.1 Å². The van der Waals surface area contributed by atoms with Gasteiger partial charge in [0.15, 0.2) is 11.4 Å². The number of sulfonamides is 1. The van der Waals surface area contributed by atoms with Crippen molar-refractivity contribution >= 4 is 32.7 Å². The van der Waals surface area contributed by atoms with Crippen LogP contribution in [-0.4, -0.2) is 65.7 Å². The summed E-state index contributed by atoms with van der Waals surface area (Å²) in [7, 11) is -1.36. The average molecular weight is 434 g/mol. The van der Waals surface area contributed by atoms with E-state index in [1.165, 1.54) is 29.8 Å². The van der Waals surface area contributed by atoms with Gasteiger partial charge in [-0.3, -0.25) is 4.79 Å². The van der Waals surface area contributed by atoms with Crippen molar-refractivity contribution in [2.75, 3.05) is 37.3 Å². The maximum Gasteiger partial charge on any atom is 0.211 e. The highest BCUT2D eigenvalue weighted by Crippen LogP contribution is 2.29. The molecule has 0 spiro atoms. The predicted molar refractivity (Wildman–Crippen MR) is 117 cm³/mol. The third-order valence-corrected chi connectivity index (χ3v) is 7.69. The zero-order valence-corrected chi connectivity index (χ0v) is 18.7. The molecule has 164 valence electrons. The van der Waals surface area contributed by atoms with Crippen LogP contribution in [0, 0.1) is 5.92 Å². The van der Waals surface area contributed by atoms with Gasteiger partial charge in [0, 0.05) is 39.6 Å². The van der Waals surface area contributed by atoms with Crippen molar-refractivity contribution in [1.82, 2.24) is 19.1 Å². The fourth-order valence-corrected chi connectivity index (χ4v) is 5.58. The molecule has 3 heterocycles. The second-order valence-electron chi connectivity index (χ2n) is 8.65. The minimum Gasteiger partial charge on any atom is -0.355 e. The molecule has 0 N–H and O–H groups in total. The van der Waals surface area contributed by atoms with Gasteiger partial charge in [0.05, 0.1) is 11.6 Å². The smallest absolute Gasteiger partial charge is 0.211 e. The van der Waals surface area contributed by atoms with E-state index in [1.54, 1.807) is 4.68 Å². The van der Waals surface area contributed by atoms with Gasteiger partial charge in [-0.2, -0.15) is 5.10 Å². The van der Waals surface area contributed by atoms with E-state index in [1.807, 2.05) is 19.2 Å². The van der Waals surface area contributed by atoms with Gasteiger partial charge < -0.3 is 4.90 Å². The standard InChI is InChI=1S/C21H31N5O3S/c1-24-21-17(20(23-24)18(27)15-16-7-4-3-5-8-16)9-10-19(22-21)25-11-6-12-26(14-13-25)30(2,28)29/h9-10,16H,3-8,11-15H2,1-2H3. The lowest BCUT2D eigenvalue weighted by Crippen LogP contribution is -2.34. The molecule has 0 bridgehead atoms. The SMILES string of the molecule is Cn1nc(C(=O)CC2CCCCC2)c2ccc(N3CCCN(S(C)(=O)=O)CC3)nc21. The minimum absolute atomic E-state index is 0.112. The summed E-state index contributed by atoms with van der Waals surface area (Å²) in [5, 5.41) is 5.30. The molecule has 8 nitrogen and oxygen atoms in total. The molecule has 2 aliphatic rings. The number of hydrogen-bond acceptors (Lipinski definition) is 6. The summed E-state index contributed by atoms with van der Waals surface area (Å²) in [6.07, 6.45) is 8.58. The second-order valence-corrected chi connectivity index (χ2v) is 10.6. The van der Waals surface area contributed by atoms with Crippen molar-refractivity contribution in [3.05, 3.63) is 17.8 Å². The molecule has 2 fully saturated rings. The molecule has 0 amide bonds. The molecule has 1 saturated heterocycles. The van der Waals surface area contributed by atoms with E-state index in [2.05, 4.69) is 10.00 Å². The highest BCUT2D eigenvalue weighted by molar-refractivity contribution is 7.88. The number of aryl methyl sites for hydroxylation is 1. The number of carbonyl (C=O) groups is 1. The van der Waals surface area contributed by atoms with Crippen LogP contribution in [0.4, 0.5) is 5.82 Å². The Morgan fingerprint density at radius 1 is 1.07 bits per heavy atom. The number of nitrogens with zero attached hydrogens (tertiary/aromatic N) is 5. The van der Waals surface area contributed by atoms with Crippen LogP contribution in [0.1, 0.15) is 55.4 Å². The minimum atomic E-state index is -3.18. The molecule has 30 heavy (non-hydrogen) atoms. The van der Waals surface area contributed by atoms with Gasteiger partial charge >= 0.3 is 0 Å². The van der Waals surface area contributed by atoms with Gasteiger partial charge in [-0.05, 0) is 24.5 Å². The van der Waals surface area contributed by atoms with Gasteiger partial charge in [-0.25, -0.2) is 22.4 Å². The quantitative estimate of drug-likeness (QED) is 0.674. The van der Waals surface area contributed by atoms with E-state index in [-0.39, 0.29) is 5.78 Å². The molecule has 0 radical (unpaired) electrons. The van der Waals surface area contributed by atoms with E-state index >= 15 is 0 Å². The molecule has 0 unspecified atom stereocenters. The number of Topliss-reactive ketones (excluding diaryl/α,β-unsaturated/α-hetero) is 1. The lowest BCUT2D eigenvalue weighted by molar-refractivity contribution is 0.0946. The van der Waals surface area contributed by atoms with Crippen molar-refractivity contribution in [1.29, 1.82) is 0 Å². The van der Waals surface area contributed by atoms with Gasteiger partial charge in [0.25, 0.3) is 0 Å². The van der Waals surface area contributed by atoms with Crippen LogP contribution >= 0.6 is 0 Å². The van der Waals surface area contributed by atoms with E-state index < -0.39 is 10.0 Å². The fourth-order valence-electron chi connectivity index (χ4n) is 4.71. The number of aromatic nitrogens is 3. The second kappa shape index (κ2) is 8.63. The van der Waals surface area contributed by atoms with Crippen LogP contribution < -0.4 is 4.90 Å². The largest absolute Gasteiger partial charge is 0.355 e. The maximum absolute atomic E-state index is 12.9. The molecule has 1 aliphatic carbocycles. The van der Waals surface area contributed by atoms with Crippen LogP contribution in [0.25, 0.3) is 11.0 Å². The number of carbonyl (C=O) groups excluding carboxylic acids is 1. The van der Waals surface area contributed by atoms with Crippen LogP contribution in [0.2, 0.25) is 0 Å². The molecular formula is C21H31N5O3S. The highest BCUT2D eigenvalue weighted by atomic mass is 32.2. The first kappa shape index (κ1) is 21.2. The Hall–Kier alpha value is -2.00. The summed E-state index contributed by atoms with van der Waals surface area (Å²) in [5.74, 6) is 1.39. The van der Waals surface area contributed by atoms with Crippen LogP contribution in [0.5, 0.6) is 0 Å². The van der Waals surface area contributed by atoms with Gasteiger partial charge in [0.2, 0.25) is 10.0 Å². The number of pyridine rings is 1. The summed E-state index contributed by atoms with van der Waals surface area (Å²) >= 11 is 0. The summed E-state index contributed by atoms with van der Waals surface area (Å²) in [4.78, 5) is 19.8. The normalized spacial score (nSPS) is 19.9. The number of fused-ring (bicyclic) bond motifs is 1. The van der Waals surface area contributed by atoms with E-state index in [0.29, 0.717) is 43.3 Å². The summed E-state index contributed by atoms with van der Waals surface area (Å²) in [5.41, 5.74) is 1.22. The first-order chi connectivity index (χ1) is 14.3. The molecular weight excluding hydrogens is 402 g/mol. The van der Waals surface area contributed by atoms with Crippen molar-refractivity contribution in [3.63, 3.8) is 0 Å². The molecule has 4 rings (SSSR count). The lowest BCUT2D eigenvalue weighted by atomic mass is 9.85. The Balaban J connectivity index is 1.53. The van der Waals surface area contributed by atoms with Crippen molar-refractivity contribution in [3.8, 4) is 0 Å². The first-order valence-electron chi connectivity index (χ1n) is 10.9. The topological polar surface area (TPSA) is 88.4 Å². The zero-order valence-electron chi connectivity index (χ0n) is 17.9. The third kappa shape index (κ3) is 4.51. The van der Waals surface area contributed by atoms with Gasteiger partial charge in [-0.15, -0.1) is 0 Å². The number of ketones is 1. The summed E-state index contributed by atoms with van der Waals surface area (Å²) < 4.78 is 26.9. The highest BCUT2D eigenvalue weighted by Gasteiger charge is 2.25. The Morgan fingerprint density at radius 3 is 2.57 bits per heavy atom. The lowest BCUT2D eigenvalue weighted by Gasteiger charge is -2.22. The number of rotatable bonds is 5. The summed E-state index contributed by atoms with van der Waals surface area (Å²) in [6.45, 7) is 2.32. The predicted octanol–water partition coefficient (Wildman–Crippen LogP) is 2.59. The molecule has 2 aromatic heterocycles. The number of hydrogen-bond donors (Lipinski definition) is 0. The molecule has 2 aromatic rings. The zero-order chi connectivity index (χ0) is 21.3. The Kier molecular flexibility index (Phi) is 6.11. The monoisotopic (exact) mass is 433 g/mol. The van der Waals surface area contributed by atoms with Crippen LogP contribution in [0.15, 0.2) is 12.1 Å². The van der Waals surface area contributed by atoms with Crippen LogP contribution in [0.3, 0.4) is 0 Å². The molecule has 0 aromatic carbocycles. The molecule has 1 aliphatic heterocycles. The summed E-state index contributed by atoms with van der Waals surface area (Å²) in [6, 6.07) is 3.87. The van der Waals surface area contributed by atoms with Gasteiger partial charge in [0.1, 0.15) is 11.5 Å². The average Bonchev–Trinajstić information content (AvgIpc) is 2.89. The van der Waals surface area contributed by atoms with E-state index in [0.717, 1.165) is 37.0 Å². The van der Waals surface area contributed by atoms with Gasteiger partial charge in [-0.1, -0.05) is 32.1 Å². The van der Waals surface area contributed by atoms with Crippen molar-refractivity contribution in [2.45, 2.75) is 44.9 Å².